The van der Waals surface area contributed by atoms with Crippen LogP contribution in [0.4, 0.5) is 0 Å². The molecule has 1 aliphatic rings. The van der Waals surface area contributed by atoms with E-state index < -0.39 is 0 Å². The second-order valence-electron chi connectivity index (χ2n) is 7.45. The van der Waals surface area contributed by atoms with E-state index in [1.807, 2.05) is 47.9 Å². The van der Waals surface area contributed by atoms with Crippen LogP contribution in [0.2, 0.25) is 10.0 Å². The molecular formula is C24H24Cl2N2O2. The molecule has 0 spiro atoms. The molecule has 1 aliphatic heterocycles. The number of carbonyl (C=O) groups is 2. The molecule has 2 atom stereocenters. The van der Waals surface area contributed by atoms with E-state index in [0.29, 0.717) is 23.1 Å². The molecule has 2 unspecified atom stereocenters. The van der Waals surface area contributed by atoms with Crippen LogP contribution in [0.3, 0.4) is 0 Å². The Bertz CT molecular complexity index is 873. The van der Waals surface area contributed by atoms with Gasteiger partial charge in [0.15, 0.2) is 0 Å². The van der Waals surface area contributed by atoms with Crippen LogP contribution in [0.5, 0.6) is 0 Å². The van der Waals surface area contributed by atoms with Crippen molar-refractivity contribution in [3.63, 3.8) is 0 Å². The van der Waals surface area contributed by atoms with Crippen molar-refractivity contribution in [3.05, 3.63) is 81.9 Å². The molecule has 156 valence electrons. The maximum Gasteiger partial charge on any atom is 0.246 e. The van der Waals surface area contributed by atoms with Gasteiger partial charge in [0.25, 0.3) is 0 Å². The summed E-state index contributed by atoms with van der Waals surface area (Å²) >= 11 is 11.8. The Kier molecular flexibility index (Phi) is 7.35. The van der Waals surface area contributed by atoms with Gasteiger partial charge in [-0.2, -0.15) is 0 Å². The summed E-state index contributed by atoms with van der Waals surface area (Å²) in [5.41, 5.74) is 1.82. The Hall–Kier alpha value is -2.56. The first kappa shape index (κ1) is 22.1. The van der Waals surface area contributed by atoms with Gasteiger partial charge < -0.3 is 9.80 Å². The molecule has 0 aliphatic carbocycles. The molecule has 1 heterocycles. The van der Waals surface area contributed by atoms with Gasteiger partial charge in [-0.3, -0.25) is 9.59 Å². The largest absolute Gasteiger partial charge is 0.333 e. The first-order chi connectivity index (χ1) is 14.3. The summed E-state index contributed by atoms with van der Waals surface area (Å²) in [7, 11) is 0. The molecule has 3 rings (SSSR count). The van der Waals surface area contributed by atoms with Crippen LogP contribution in [-0.2, 0) is 9.59 Å². The molecule has 1 fully saturated rings. The Labute approximate surface area is 187 Å². The van der Waals surface area contributed by atoms with Gasteiger partial charge in [0.1, 0.15) is 0 Å². The van der Waals surface area contributed by atoms with Crippen molar-refractivity contribution < 1.29 is 9.59 Å². The van der Waals surface area contributed by atoms with E-state index in [1.54, 1.807) is 48.6 Å². The van der Waals surface area contributed by atoms with E-state index in [-0.39, 0.29) is 23.9 Å². The van der Waals surface area contributed by atoms with Crippen molar-refractivity contribution in [2.24, 2.45) is 0 Å². The molecule has 0 bridgehead atoms. The summed E-state index contributed by atoms with van der Waals surface area (Å²) < 4.78 is 0. The molecule has 1 saturated heterocycles. The standard InChI is InChI=1S/C24H24Cl2N2O2/c1-17-15-28(24(30)14-8-20-5-11-22(26)12-6-20)18(2)16-27(17)23(29)13-7-19-3-9-21(25)10-4-19/h3-14,17-18H,15-16H2,1-2H3/b13-7+,14-8+. The zero-order valence-corrected chi connectivity index (χ0v) is 18.5. The second-order valence-corrected chi connectivity index (χ2v) is 8.32. The number of halogens is 2. The van der Waals surface area contributed by atoms with Gasteiger partial charge in [-0.05, 0) is 61.4 Å². The highest BCUT2D eigenvalue weighted by Gasteiger charge is 2.32. The number of benzene rings is 2. The highest BCUT2D eigenvalue weighted by molar-refractivity contribution is 6.30. The van der Waals surface area contributed by atoms with Crippen LogP contribution in [0.25, 0.3) is 12.2 Å². The van der Waals surface area contributed by atoms with E-state index >= 15 is 0 Å². The molecule has 0 radical (unpaired) electrons. The fourth-order valence-electron chi connectivity index (χ4n) is 3.41. The summed E-state index contributed by atoms with van der Waals surface area (Å²) in [4.78, 5) is 29.0. The first-order valence-electron chi connectivity index (χ1n) is 9.82. The SMILES string of the molecule is CC1CN(C(=O)/C=C/c2ccc(Cl)cc2)C(C)CN1C(=O)/C=C/c1ccc(Cl)cc1. The Morgan fingerprint density at radius 3 is 1.40 bits per heavy atom. The minimum atomic E-state index is -0.0727. The second kappa shape index (κ2) is 9.96. The van der Waals surface area contributed by atoms with Crippen LogP contribution in [0, 0.1) is 0 Å². The lowest BCUT2D eigenvalue weighted by Gasteiger charge is -2.43. The molecule has 0 saturated carbocycles. The van der Waals surface area contributed by atoms with Crippen LogP contribution in [-0.4, -0.2) is 46.8 Å². The van der Waals surface area contributed by atoms with Gasteiger partial charge in [-0.25, -0.2) is 0 Å². The van der Waals surface area contributed by atoms with Crippen LogP contribution in [0.1, 0.15) is 25.0 Å². The number of piperazine rings is 1. The summed E-state index contributed by atoms with van der Waals surface area (Å²) in [6, 6.07) is 14.5. The lowest BCUT2D eigenvalue weighted by molar-refractivity contribution is -0.139. The minimum absolute atomic E-state index is 0.0619. The van der Waals surface area contributed by atoms with Crippen molar-refractivity contribution in [1.29, 1.82) is 0 Å². The number of nitrogens with zero attached hydrogens (tertiary/aromatic N) is 2. The molecule has 2 aromatic rings. The highest BCUT2D eigenvalue weighted by Crippen LogP contribution is 2.18. The normalized spacial score (nSPS) is 19.6. The smallest absolute Gasteiger partial charge is 0.246 e. The number of carbonyl (C=O) groups excluding carboxylic acids is 2. The predicted molar refractivity (Wildman–Crippen MR) is 123 cm³/mol. The monoisotopic (exact) mass is 442 g/mol. The van der Waals surface area contributed by atoms with Gasteiger partial charge in [-0.15, -0.1) is 0 Å². The maximum absolute atomic E-state index is 12.7. The fourth-order valence-corrected chi connectivity index (χ4v) is 3.67. The van der Waals surface area contributed by atoms with E-state index in [9.17, 15) is 9.59 Å². The third-order valence-electron chi connectivity index (χ3n) is 5.13. The van der Waals surface area contributed by atoms with Gasteiger partial charge >= 0.3 is 0 Å². The summed E-state index contributed by atoms with van der Waals surface area (Å²) in [5, 5.41) is 1.32. The van der Waals surface area contributed by atoms with Gasteiger partial charge in [0.2, 0.25) is 11.8 Å². The van der Waals surface area contributed by atoms with Crippen LogP contribution < -0.4 is 0 Å². The van der Waals surface area contributed by atoms with E-state index in [4.69, 9.17) is 23.2 Å². The van der Waals surface area contributed by atoms with Crippen molar-refractivity contribution in [1.82, 2.24) is 9.80 Å². The molecule has 4 nitrogen and oxygen atoms in total. The highest BCUT2D eigenvalue weighted by atomic mass is 35.5. The summed E-state index contributed by atoms with van der Waals surface area (Å²) in [5.74, 6) is -0.124. The quantitative estimate of drug-likeness (QED) is 0.612. The average Bonchev–Trinajstić information content (AvgIpc) is 2.73. The Morgan fingerprint density at radius 1 is 0.733 bits per heavy atom. The van der Waals surface area contributed by atoms with E-state index in [0.717, 1.165) is 11.1 Å². The molecule has 2 amide bonds. The Morgan fingerprint density at radius 2 is 1.07 bits per heavy atom. The molecule has 0 aromatic heterocycles. The molecular weight excluding hydrogens is 419 g/mol. The van der Waals surface area contributed by atoms with Crippen molar-refractivity contribution in [3.8, 4) is 0 Å². The number of hydrogen-bond acceptors (Lipinski definition) is 2. The van der Waals surface area contributed by atoms with Gasteiger partial charge in [0.05, 0.1) is 0 Å². The molecule has 30 heavy (non-hydrogen) atoms. The number of hydrogen-bond donors (Lipinski definition) is 0. The fraction of sp³-hybridized carbons (Fsp3) is 0.250. The van der Waals surface area contributed by atoms with Gasteiger partial charge in [-0.1, -0.05) is 47.5 Å². The third-order valence-corrected chi connectivity index (χ3v) is 5.63. The van der Waals surface area contributed by atoms with Gasteiger partial charge in [0, 0.05) is 47.4 Å². The zero-order chi connectivity index (χ0) is 21.7. The first-order valence-corrected chi connectivity index (χ1v) is 10.6. The summed E-state index contributed by atoms with van der Waals surface area (Å²) in [6.07, 6.45) is 6.71. The molecule has 0 N–H and O–H groups in total. The lowest BCUT2D eigenvalue weighted by atomic mass is 10.1. The lowest BCUT2D eigenvalue weighted by Crippen LogP contribution is -2.59. The van der Waals surface area contributed by atoms with Crippen molar-refractivity contribution >= 4 is 47.2 Å². The van der Waals surface area contributed by atoms with Crippen molar-refractivity contribution in [2.45, 2.75) is 25.9 Å². The topological polar surface area (TPSA) is 40.6 Å². The number of rotatable bonds is 4. The van der Waals surface area contributed by atoms with Crippen LogP contribution in [0.15, 0.2) is 60.7 Å². The van der Waals surface area contributed by atoms with E-state index in [2.05, 4.69) is 0 Å². The zero-order valence-electron chi connectivity index (χ0n) is 17.0. The Balaban J connectivity index is 1.61. The third kappa shape index (κ3) is 5.74. The van der Waals surface area contributed by atoms with E-state index in [1.165, 1.54) is 0 Å². The molecule has 6 heteroatoms. The molecule has 2 aromatic carbocycles. The van der Waals surface area contributed by atoms with Crippen LogP contribution >= 0.6 is 23.2 Å². The average molecular weight is 443 g/mol. The van der Waals surface area contributed by atoms with Crippen molar-refractivity contribution in [2.75, 3.05) is 13.1 Å². The summed E-state index contributed by atoms with van der Waals surface area (Å²) in [6.45, 7) is 4.91. The minimum Gasteiger partial charge on any atom is -0.333 e. The maximum atomic E-state index is 12.7. The number of amides is 2. The predicted octanol–water partition coefficient (Wildman–Crippen LogP) is 5.17.